The summed E-state index contributed by atoms with van der Waals surface area (Å²) in [7, 11) is -3.94. The van der Waals surface area contributed by atoms with Crippen LogP contribution in [0.2, 0.25) is 0 Å². The Morgan fingerprint density at radius 3 is 1.84 bits per heavy atom. The molecule has 0 aliphatic rings. The Hall–Kier alpha value is -5.55. The highest BCUT2D eigenvalue weighted by Gasteiger charge is 2.38. The Morgan fingerprint density at radius 1 is 0.694 bits per heavy atom. The van der Waals surface area contributed by atoms with Crippen LogP contribution in [-0.4, -0.2) is 90.8 Å². The summed E-state index contributed by atoms with van der Waals surface area (Å²) in [6, 6.07) is 13.8. The minimum Gasteiger partial charge on any atom is -0.460 e. The highest BCUT2D eigenvalue weighted by Crippen LogP contribution is 2.22. The standard InChI is InChI=1S/C44H58ClN5O11S/c1-42(2,3)37(40(55)47-30(23-34(45)62(10,57)58)24-35(51)60-43(4,5)6)50-39(54)32(22-29-21-20-28-18-14-15-19-31(28)46-29)48-38(53)33(25-36(52)61-44(7,8)9)49-41(56)59-26-27-16-12-11-13-17-27/h11-21,23,30,32-33,37H,22,24-26H2,1-10H3,(H,47,55)(H,48,53)(H,49,56)(H,50,54). The molecule has 0 saturated heterocycles. The summed E-state index contributed by atoms with van der Waals surface area (Å²) in [6.07, 6.45) is -0.529. The Balaban J connectivity index is 2.00. The number of carbonyl (C=O) groups is 6. The molecule has 0 saturated carbocycles. The van der Waals surface area contributed by atoms with Crippen LogP contribution in [-0.2, 0) is 61.0 Å². The van der Waals surface area contributed by atoms with Gasteiger partial charge in [0.2, 0.25) is 17.7 Å². The molecule has 0 bridgehead atoms. The number of sulfone groups is 1. The highest BCUT2D eigenvalue weighted by atomic mass is 35.5. The number of hydrogen-bond donors (Lipinski definition) is 4. The smallest absolute Gasteiger partial charge is 0.408 e. The fourth-order valence-corrected chi connectivity index (χ4v) is 6.32. The second kappa shape index (κ2) is 21.5. The number of nitrogens with one attached hydrogen (secondary N) is 4. The molecule has 4 unspecified atom stereocenters. The minimum atomic E-state index is -3.94. The van der Waals surface area contributed by atoms with Gasteiger partial charge in [0.05, 0.1) is 24.4 Å². The topological polar surface area (TPSA) is 225 Å². The lowest BCUT2D eigenvalue weighted by molar-refractivity contribution is -0.157. The molecule has 18 heteroatoms. The second-order valence-corrected chi connectivity index (χ2v) is 20.4. The first-order valence-electron chi connectivity index (χ1n) is 19.8. The van der Waals surface area contributed by atoms with Crippen molar-refractivity contribution in [1.82, 2.24) is 26.3 Å². The van der Waals surface area contributed by atoms with Crippen LogP contribution in [0.3, 0.4) is 0 Å². The molecule has 3 aromatic rings. The van der Waals surface area contributed by atoms with Crippen LogP contribution in [0.4, 0.5) is 4.79 Å². The SMILES string of the molecule is CC(C)(C)OC(=O)CC(C=C(Cl)S(C)(=O)=O)NC(=O)C(NC(=O)C(Cc1ccc2ccccc2n1)NC(=O)C(CC(=O)OC(C)(C)C)NC(=O)OCc1ccccc1)C(C)(C)C. The number of fused-ring (bicyclic) bond motifs is 1. The van der Waals surface area contributed by atoms with Crippen molar-refractivity contribution in [1.29, 1.82) is 0 Å². The van der Waals surface area contributed by atoms with Crippen LogP contribution in [0.25, 0.3) is 10.9 Å². The molecule has 16 nitrogen and oxygen atoms in total. The molecule has 1 aromatic heterocycles. The van der Waals surface area contributed by atoms with Crippen LogP contribution in [0.15, 0.2) is 77.2 Å². The number of benzene rings is 2. The number of halogens is 1. The van der Waals surface area contributed by atoms with Gasteiger partial charge in [0.1, 0.15) is 40.3 Å². The van der Waals surface area contributed by atoms with Crippen molar-refractivity contribution in [2.45, 2.75) is 124 Å². The third-order valence-corrected chi connectivity index (χ3v) is 10.4. The molecule has 4 N–H and O–H groups in total. The fourth-order valence-electron chi connectivity index (χ4n) is 5.76. The van der Waals surface area contributed by atoms with Crippen molar-refractivity contribution >= 4 is 68.1 Å². The van der Waals surface area contributed by atoms with E-state index < -0.39 is 104 Å². The summed E-state index contributed by atoms with van der Waals surface area (Å²) >= 11 is 6.07. The summed E-state index contributed by atoms with van der Waals surface area (Å²) in [6.45, 7) is 14.6. The van der Waals surface area contributed by atoms with Gasteiger partial charge >= 0.3 is 18.0 Å². The molecule has 0 fully saturated rings. The predicted octanol–water partition coefficient (Wildman–Crippen LogP) is 5.16. The number of amides is 4. The number of pyridine rings is 1. The minimum absolute atomic E-state index is 0.142. The van der Waals surface area contributed by atoms with Gasteiger partial charge in [-0.05, 0) is 70.7 Å². The predicted molar refractivity (Wildman–Crippen MR) is 234 cm³/mol. The third-order valence-electron chi connectivity index (χ3n) is 8.55. The van der Waals surface area contributed by atoms with E-state index in [0.717, 1.165) is 17.7 Å². The van der Waals surface area contributed by atoms with E-state index in [1.54, 1.807) is 117 Å². The fraction of sp³-hybridized carbons (Fsp3) is 0.477. The summed E-state index contributed by atoms with van der Waals surface area (Å²) in [5.74, 6) is -4.23. The largest absolute Gasteiger partial charge is 0.460 e. The molecule has 4 atom stereocenters. The molecule has 338 valence electrons. The lowest BCUT2D eigenvalue weighted by atomic mass is 9.85. The summed E-state index contributed by atoms with van der Waals surface area (Å²) < 4.78 is 40.0. The van der Waals surface area contributed by atoms with Crippen LogP contribution in [0, 0.1) is 5.41 Å². The molecule has 3 rings (SSSR count). The molecule has 0 aliphatic heterocycles. The summed E-state index contributed by atoms with van der Waals surface area (Å²) in [5.41, 5.74) is -1.22. The van der Waals surface area contributed by atoms with Gasteiger partial charge in [0, 0.05) is 23.8 Å². The zero-order valence-electron chi connectivity index (χ0n) is 36.8. The molecule has 1 heterocycles. The second-order valence-electron chi connectivity index (χ2n) is 17.8. The van der Waals surface area contributed by atoms with Crippen molar-refractivity contribution in [3.05, 3.63) is 88.4 Å². The van der Waals surface area contributed by atoms with E-state index in [9.17, 15) is 37.2 Å². The first-order valence-corrected chi connectivity index (χ1v) is 22.1. The normalized spacial score (nSPS) is 14.3. The van der Waals surface area contributed by atoms with E-state index in [1.165, 1.54) is 0 Å². The van der Waals surface area contributed by atoms with Crippen LogP contribution >= 0.6 is 11.6 Å². The molecule has 4 amide bonds. The van der Waals surface area contributed by atoms with Gasteiger partial charge in [-0.25, -0.2) is 13.2 Å². The lowest BCUT2D eigenvalue weighted by Crippen LogP contribution is -2.60. The number of nitrogens with zero attached hydrogens (tertiary/aromatic N) is 1. The maximum absolute atomic E-state index is 14.4. The zero-order chi connectivity index (χ0) is 46.6. The number of carbonyl (C=O) groups excluding carboxylic acids is 6. The van der Waals surface area contributed by atoms with Gasteiger partial charge in [0.25, 0.3) is 0 Å². The Labute approximate surface area is 368 Å². The van der Waals surface area contributed by atoms with Crippen molar-refractivity contribution in [3.63, 3.8) is 0 Å². The molecule has 0 aliphatic carbocycles. The Bertz CT molecular complexity index is 2230. The Morgan fingerprint density at radius 2 is 1.26 bits per heavy atom. The maximum atomic E-state index is 14.4. The van der Waals surface area contributed by atoms with Gasteiger partial charge in [-0.2, -0.15) is 0 Å². The molecule has 0 radical (unpaired) electrons. The monoisotopic (exact) mass is 899 g/mol. The number of para-hydroxylation sites is 1. The van der Waals surface area contributed by atoms with Crippen LogP contribution in [0.1, 0.15) is 86.4 Å². The van der Waals surface area contributed by atoms with Gasteiger partial charge in [-0.15, -0.1) is 0 Å². The van der Waals surface area contributed by atoms with E-state index in [-0.39, 0.29) is 13.0 Å². The van der Waals surface area contributed by atoms with Gasteiger partial charge in [-0.1, -0.05) is 87.0 Å². The quantitative estimate of drug-likeness (QED) is 0.102. The third kappa shape index (κ3) is 17.8. The van der Waals surface area contributed by atoms with E-state index in [4.69, 9.17) is 25.8 Å². The first-order chi connectivity index (χ1) is 28.6. The van der Waals surface area contributed by atoms with Crippen LogP contribution < -0.4 is 21.3 Å². The number of esters is 2. The number of ether oxygens (including phenoxy) is 3. The maximum Gasteiger partial charge on any atom is 0.408 e. The Kier molecular flexibility index (Phi) is 17.6. The average Bonchev–Trinajstić information content (AvgIpc) is 3.13. The van der Waals surface area contributed by atoms with Crippen molar-refractivity contribution in [3.8, 4) is 0 Å². The van der Waals surface area contributed by atoms with Gasteiger partial charge in [-0.3, -0.25) is 29.0 Å². The van der Waals surface area contributed by atoms with Crippen molar-refractivity contribution < 1.29 is 51.4 Å². The van der Waals surface area contributed by atoms with Gasteiger partial charge in [0.15, 0.2) is 9.84 Å². The first kappa shape index (κ1) is 50.8. The van der Waals surface area contributed by atoms with E-state index >= 15 is 0 Å². The number of hydrogen-bond acceptors (Lipinski definition) is 12. The highest BCUT2D eigenvalue weighted by molar-refractivity contribution is 7.96. The zero-order valence-corrected chi connectivity index (χ0v) is 38.4. The molecular formula is C44H58ClN5O11S. The van der Waals surface area contributed by atoms with E-state index in [0.29, 0.717) is 16.8 Å². The van der Waals surface area contributed by atoms with E-state index in [2.05, 4.69) is 26.3 Å². The summed E-state index contributed by atoms with van der Waals surface area (Å²) in [4.78, 5) is 86.3. The molecule has 2 aromatic carbocycles. The molecule has 62 heavy (non-hydrogen) atoms. The average molecular weight is 900 g/mol. The van der Waals surface area contributed by atoms with Crippen molar-refractivity contribution in [2.75, 3.05) is 6.26 Å². The van der Waals surface area contributed by atoms with Crippen LogP contribution in [0.5, 0.6) is 0 Å². The number of rotatable bonds is 17. The number of aromatic nitrogens is 1. The van der Waals surface area contributed by atoms with Gasteiger partial charge < -0.3 is 35.5 Å². The van der Waals surface area contributed by atoms with E-state index in [1.807, 2.05) is 12.1 Å². The number of alkyl carbamates (subject to hydrolysis) is 1. The molecular weight excluding hydrogens is 842 g/mol. The molecule has 0 spiro atoms. The van der Waals surface area contributed by atoms with Crippen molar-refractivity contribution in [2.24, 2.45) is 5.41 Å². The summed E-state index contributed by atoms with van der Waals surface area (Å²) in [5, 5.41) is 11.2. The lowest BCUT2D eigenvalue weighted by Gasteiger charge is -2.33.